The summed E-state index contributed by atoms with van der Waals surface area (Å²) in [5, 5.41) is 0. The lowest BCUT2D eigenvalue weighted by Gasteiger charge is -2.07. The highest BCUT2D eigenvalue weighted by molar-refractivity contribution is 5.70. The van der Waals surface area contributed by atoms with Crippen molar-refractivity contribution in [3.8, 4) is 0 Å². The fourth-order valence-electron chi connectivity index (χ4n) is 2.69. The molecular weight excluding hydrogens is 310 g/mol. The minimum atomic E-state index is -0.288. The summed E-state index contributed by atoms with van der Waals surface area (Å²) in [5.74, 6) is 0. The molecule has 24 heavy (non-hydrogen) atoms. The van der Waals surface area contributed by atoms with Crippen LogP contribution in [0.15, 0.2) is 36.7 Å². The van der Waals surface area contributed by atoms with Gasteiger partial charge in [-0.25, -0.2) is 9.59 Å². The Bertz CT molecular complexity index is 622. The van der Waals surface area contributed by atoms with Crippen molar-refractivity contribution < 1.29 is 19.1 Å². The molecule has 0 aromatic carbocycles. The van der Waals surface area contributed by atoms with Crippen LogP contribution in [0.4, 0.5) is 9.59 Å². The molecule has 0 radical (unpaired) electrons. The summed E-state index contributed by atoms with van der Waals surface area (Å²) < 4.78 is 11.9. The molecule has 0 N–H and O–H groups in total. The molecule has 3 rings (SSSR count). The number of carbonyl (C=O) groups is 2. The average molecular weight is 331 g/mol. The fraction of sp³-hybridized carbons (Fsp3) is 0.412. The molecule has 3 heterocycles. The van der Waals surface area contributed by atoms with Gasteiger partial charge in [0, 0.05) is 43.7 Å². The molecule has 0 atom stereocenters. The maximum atomic E-state index is 11.3. The number of nitrogens with zero attached hydrogens (tertiary/aromatic N) is 3. The van der Waals surface area contributed by atoms with Crippen LogP contribution in [0.1, 0.15) is 11.4 Å². The summed E-state index contributed by atoms with van der Waals surface area (Å²) in [6.07, 6.45) is 8.38. The van der Waals surface area contributed by atoms with E-state index in [1.54, 1.807) is 22.2 Å². The number of aromatic nitrogens is 1. The number of hydrogen-bond acceptors (Lipinski definition) is 4. The third kappa shape index (κ3) is 3.61. The molecular formula is C17H21N3O4. The second-order valence-electron chi connectivity index (χ2n) is 5.67. The molecule has 7 heteroatoms. The zero-order valence-electron chi connectivity index (χ0n) is 13.7. The van der Waals surface area contributed by atoms with Crippen LogP contribution in [-0.4, -0.2) is 52.9 Å². The van der Waals surface area contributed by atoms with E-state index in [1.807, 2.05) is 19.2 Å². The van der Waals surface area contributed by atoms with Gasteiger partial charge in [-0.3, -0.25) is 9.80 Å². The number of hydrogen-bond donors (Lipinski definition) is 0. The first-order valence-electron chi connectivity index (χ1n) is 7.99. The molecule has 2 aliphatic rings. The standard InChI is InChI=1S/C17H21N3O4/c1-18-14(4-2-8-19-10-12-23-16(19)21)6-7-15(18)5-3-9-20-11-13-24-17(20)22/h2-3,6-9H,4-5,10-13H2,1H3/b8-2+,9-3+. The zero-order valence-corrected chi connectivity index (χ0v) is 13.7. The van der Waals surface area contributed by atoms with Crippen LogP contribution in [0.25, 0.3) is 0 Å². The van der Waals surface area contributed by atoms with Gasteiger partial charge >= 0.3 is 12.2 Å². The van der Waals surface area contributed by atoms with Gasteiger partial charge in [-0.1, -0.05) is 12.2 Å². The number of ether oxygens (including phenoxy) is 2. The molecule has 0 unspecified atom stereocenters. The van der Waals surface area contributed by atoms with Gasteiger partial charge in [0.05, 0.1) is 13.1 Å². The van der Waals surface area contributed by atoms with E-state index in [-0.39, 0.29) is 12.2 Å². The molecule has 0 saturated carbocycles. The van der Waals surface area contributed by atoms with Crippen molar-refractivity contribution in [1.29, 1.82) is 0 Å². The Morgan fingerprint density at radius 2 is 1.38 bits per heavy atom. The van der Waals surface area contributed by atoms with E-state index in [0.29, 0.717) is 26.3 Å². The van der Waals surface area contributed by atoms with Gasteiger partial charge in [-0.15, -0.1) is 0 Å². The van der Waals surface area contributed by atoms with Crippen molar-refractivity contribution in [2.45, 2.75) is 12.8 Å². The Balaban J connectivity index is 1.53. The summed E-state index contributed by atoms with van der Waals surface area (Å²) in [6.45, 7) is 2.12. The van der Waals surface area contributed by atoms with Gasteiger partial charge in [-0.05, 0) is 12.1 Å². The van der Waals surface area contributed by atoms with Crippen molar-refractivity contribution in [3.63, 3.8) is 0 Å². The SMILES string of the molecule is Cn1c(C/C=C/N2CCOC2=O)ccc1C/C=C/N1CCOC1=O. The number of carbonyl (C=O) groups excluding carboxylic acids is 2. The maximum absolute atomic E-state index is 11.3. The normalized spacial score (nSPS) is 18.2. The number of allylic oxidation sites excluding steroid dienone is 2. The third-order valence-electron chi connectivity index (χ3n) is 4.14. The number of cyclic esters (lactones) is 2. The van der Waals surface area contributed by atoms with Crippen LogP contribution in [-0.2, 0) is 29.4 Å². The molecule has 0 aliphatic carbocycles. The van der Waals surface area contributed by atoms with Crippen LogP contribution in [0, 0.1) is 0 Å². The van der Waals surface area contributed by atoms with Crippen molar-refractivity contribution in [1.82, 2.24) is 14.4 Å². The zero-order chi connectivity index (χ0) is 16.9. The van der Waals surface area contributed by atoms with E-state index in [1.165, 1.54) is 0 Å². The lowest BCUT2D eigenvalue weighted by molar-refractivity contribution is 0.165. The first-order valence-corrected chi connectivity index (χ1v) is 7.99. The molecule has 7 nitrogen and oxygen atoms in total. The number of amides is 2. The van der Waals surface area contributed by atoms with Gasteiger partial charge in [0.1, 0.15) is 13.2 Å². The first-order chi connectivity index (χ1) is 11.6. The first kappa shape index (κ1) is 16.2. The van der Waals surface area contributed by atoms with E-state index in [9.17, 15) is 9.59 Å². The molecule has 2 amide bonds. The maximum Gasteiger partial charge on any atom is 0.413 e. The van der Waals surface area contributed by atoms with Crippen molar-refractivity contribution in [2.75, 3.05) is 26.3 Å². The second-order valence-corrected chi connectivity index (χ2v) is 5.67. The molecule has 0 spiro atoms. The van der Waals surface area contributed by atoms with Crippen LogP contribution in [0.3, 0.4) is 0 Å². The molecule has 0 bridgehead atoms. The second kappa shape index (κ2) is 7.25. The van der Waals surface area contributed by atoms with Gasteiger partial charge in [0.15, 0.2) is 0 Å². The summed E-state index contributed by atoms with van der Waals surface area (Å²) in [6, 6.07) is 4.14. The van der Waals surface area contributed by atoms with Crippen molar-refractivity contribution in [3.05, 3.63) is 48.1 Å². The average Bonchev–Trinajstić information content (AvgIpc) is 3.25. The van der Waals surface area contributed by atoms with E-state index in [2.05, 4.69) is 16.7 Å². The predicted molar refractivity (Wildman–Crippen MR) is 87.2 cm³/mol. The highest BCUT2D eigenvalue weighted by atomic mass is 16.6. The Labute approximate surface area is 140 Å². The minimum absolute atomic E-state index is 0.288. The summed E-state index contributed by atoms with van der Waals surface area (Å²) >= 11 is 0. The Kier molecular flexibility index (Phi) is 4.88. The van der Waals surface area contributed by atoms with Crippen LogP contribution >= 0.6 is 0 Å². The Morgan fingerprint density at radius 3 is 1.75 bits per heavy atom. The van der Waals surface area contributed by atoms with E-state index in [0.717, 1.165) is 24.2 Å². The van der Waals surface area contributed by atoms with Gasteiger partial charge < -0.3 is 14.0 Å². The molecule has 2 fully saturated rings. The highest BCUT2D eigenvalue weighted by Crippen LogP contribution is 2.12. The van der Waals surface area contributed by atoms with Gasteiger partial charge in [-0.2, -0.15) is 0 Å². The topological polar surface area (TPSA) is 64.0 Å². The predicted octanol–water partition coefficient (Wildman–Crippen LogP) is 2.04. The van der Waals surface area contributed by atoms with Crippen LogP contribution < -0.4 is 0 Å². The lowest BCUT2D eigenvalue weighted by Crippen LogP contribution is -2.17. The third-order valence-corrected chi connectivity index (χ3v) is 4.14. The van der Waals surface area contributed by atoms with Gasteiger partial charge in [0.25, 0.3) is 0 Å². The largest absolute Gasteiger partial charge is 0.447 e. The van der Waals surface area contributed by atoms with E-state index < -0.39 is 0 Å². The Morgan fingerprint density at radius 1 is 0.917 bits per heavy atom. The molecule has 2 saturated heterocycles. The molecule has 1 aromatic rings. The molecule has 2 aliphatic heterocycles. The summed E-state index contributed by atoms with van der Waals surface area (Å²) in [4.78, 5) is 25.8. The van der Waals surface area contributed by atoms with Gasteiger partial charge in [0.2, 0.25) is 0 Å². The van der Waals surface area contributed by atoms with Crippen molar-refractivity contribution >= 4 is 12.2 Å². The van der Waals surface area contributed by atoms with E-state index >= 15 is 0 Å². The Hall–Kier alpha value is -2.70. The smallest absolute Gasteiger partial charge is 0.413 e. The summed E-state index contributed by atoms with van der Waals surface area (Å²) in [7, 11) is 2.01. The monoisotopic (exact) mass is 331 g/mol. The van der Waals surface area contributed by atoms with Crippen LogP contribution in [0.5, 0.6) is 0 Å². The molecule has 128 valence electrons. The van der Waals surface area contributed by atoms with Crippen LogP contribution in [0.2, 0.25) is 0 Å². The molecule has 1 aromatic heterocycles. The quantitative estimate of drug-likeness (QED) is 0.800. The number of rotatable bonds is 6. The highest BCUT2D eigenvalue weighted by Gasteiger charge is 2.19. The lowest BCUT2D eigenvalue weighted by atomic mass is 10.3. The summed E-state index contributed by atoms with van der Waals surface area (Å²) in [5.41, 5.74) is 2.31. The van der Waals surface area contributed by atoms with E-state index in [4.69, 9.17) is 9.47 Å². The van der Waals surface area contributed by atoms with Crippen molar-refractivity contribution in [2.24, 2.45) is 7.05 Å². The minimum Gasteiger partial charge on any atom is -0.447 e. The fourth-order valence-corrected chi connectivity index (χ4v) is 2.69.